The summed E-state index contributed by atoms with van der Waals surface area (Å²) >= 11 is 0. The molecule has 0 unspecified atom stereocenters. The Labute approximate surface area is 61.0 Å². The molecule has 0 fully saturated rings. The number of ether oxygens (including phenoxy) is 1. The number of rotatable bonds is 5. The topological polar surface area (TPSA) is 46.5 Å². The molecule has 0 aliphatic rings. The third-order valence-corrected chi connectivity index (χ3v) is 1.14. The predicted molar refractivity (Wildman–Crippen MR) is 37.6 cm³/mol. The summed E-state index contributed by atoms with van der Waals surface area (Å²) in [6, 6.07) is 0. The lowest BCUT2D eigenvalue weighted by Gasteiger charge is -2.00. The minimum atomic E-state index is -0.531. The van der Waals surface area contributed by atoms with Gasteiger partial charge in [-0.25, -0.2) is 4.79 Å². The van der Waals surface area contributed by atoms with Crippen molar-refractivity contribution in [1.82, 2.24) is 0 Å². The molecule has 0 atom stereocenters. The molecule has 0 spiro atoms. The Morgan fingerprint density at radius 3 is 2.70 bits per heavy atom. The van der Waals surface area contributed by atoms with Gasteiger partial charge in [0, 0.05) is 0 Å². The van der Waals surface area contributed by atoms with Crippen LogP contribution in [0.4, 0.5) is 0 Å². The van der Waals surface area contributed by atoms with Crippen LogP contribution >= 0.6 is 0 Å². The van der Waals surface area contributed by atoms with E-state index in [4.69, 9.17) is 5.11 Å². The van der Waals surface area contributed by atoms with Crippen LogP contribution in [-0.2, 0) is 9.53 Å². The van der Waals surface area contributed by atoms with Crippen molar-refractivity contribution in [1.29, 1.82) is 0 Å². The molecule has 1 N–H and O–H groups in total. The summed E-state index contributed by atoms with van der Waals surface area (Å²) in [4.78, 5) is 10.3. The third kappa shape index (κ3) is 5.56. The lowest BCUT2D eigenvalue weighted by Crippen LogP contribution is -2.09. The van der Waals surface area contributed by atoms with Gasteiger partial charge in [-0.3, -0.25) is 0 Å². The molecule has 0 saturated carbocycles. The summed E-state index contributed by atoms with van der Waals surface area (Å²) in [7, 11) is 0. The second kappa shape index (κ2) is 6.55. The normalized spacial score (nSPS) is 9.40. The molecule has 0 aliphatic heterocycles. The zero-order valence-electron chi connectivity index (χ0n) is 6.30. The first-order valence-corrected chi connectivity index (χ1v) is 3.57. The minimum Gasteiger partial charge on any atom is -0.464 e. The lowest BCUT2D eigenvalue weighted by atomic mass is 10.3. The van der Waals surface area contributed by atoms with E-state index in [-0.39, 0.29) is 0 Å². The quantitative estimate of drug-likeness (QED) is 0.459. The maximum atomic E-state index is 10.3. The molecule has 60 valence electrons. The van der Waals surface area contributed by atoms with Gasteiger partial charge in [-0.1, -0.05) is 19.8 Å². The molecule has 3 heteroatoms. The second-order valence-corrected chi connectivity index (χ2v) is 2.09. The van der Waals surface area contributed by atoms with Crippen LogP contribution < -0.4 is 0 Å². The first-order chi connectivity index (χ1) is 4.81. The van der Waals surface area contributed by atoms with Gasteiger partial charge in [0.05, 0.1) is 6.61 Å². The predicted octanol–water partition coefficient (Wildman–Crippen LogP) is 0.712. The van der Waals surface area contributed by atoms with Crippen LogP contribution in [0.2, 0.25) is 0 Å². The van der Waals surface area contributed by atoms with Crippen LogP contribution in [0.5, 0.6) is 0 Å². The molecule has 0 bridgehead atoms. The van der Waals surface area contributed by atoms with Crippen LogP contribution in [0.25, 0.3) is 0 Å². The highest BCUT2D eigenvalue weighted by atomic mass is 16.5. The van der Waals surface area contributed by atoms with Crippen LogP contribution in [0, 0.1) is 0 Å². The van der Waals surface area contributed by atoms with E-state index in [0.29, 0.717) is 6.61 Å². The average molecular weight is 146 g/mol. The third-order valence-electron chi connectivity index (χ3n) is 1.14. The van der Waals surface area contributed by atoms with Gasteiger partial charge in [-0.05, 0) is 6.42 Å². The van der Waals surface area contributed by atoms with E-state index >= 15 is 0 Å². The molecular formula is C7H14O3. The lowest BCUT2D eigenvalue weighted by molar-refractivity contribution is -0.147. The fourth-order valence-corrected chi connectivity index (χ4v) is 0.584. The number of aliphatic hydroxyl groups excluding tert-OH is 1. The van der Waals surface area contributed by atoms with E-state index < -0.39 is 12.6 Å². The van der Waals surface area contributed by atoms with Crippen LogP contribution in [0.3, 0.4) is 0 Å². The Morgan fingerprint density at radius 1 is 1.50 bits per heavy atom. The molecule has 0 rings (SSSR count). The number of aliphatic hydroxyl groups is 1. The van der Waals surface area contributed by atoms with Crippen molar-refractivity contribution in [2.75, 3.05) is 13.2 Å². The maximum Gasteiger partial charge on any atom is 0.331 e. The van der Waals surface area contributed by atoms with E-state index in [1.54, 1.807) is 0 Å². The largest absolute Gasteiger partial charge is 0.464 e. The Hall–Kier alpha value is -0.570. The number of esters is 1. The number of carbonyl (C=O) groups excluding carboxylic acids is 1. The molecule has 0 aromatic heterocycles. The van der Waals surface area contributed by atoms with Crippen molar-refractivity contribution in [2.45, 2.75) is 26.2 Å². The Morgan fingerprint density at radius 2 is 2.20 bits per heavy atom. The van der Waals surface area contributed by atoms with Crippen molar-refractivity contribution in [3.05, 3.63) is 0 Å². The number of hydrogen-bond donors (Lipinski definition) is 1. The van der Waals surface area contributed by atoms with Crippen LogP contribution in [-0.4, -0.2) is 24.3 Å². The van der Waals surface area contributed by atoms with Crippen molar-refractivity contribution < 1.29 is 14.6 Å². The van der Waals surface area contributed by atoms with Gasteiger partial charge in [0.25, 0.3) is 0 Å². The highest BCUT2D eigenvalue weighted by Gasteiger charge is 1.96. The molecule has 0 heterocycles. The summed E-state index contributed by atoms with van der Waals surface area (Å²) in [6.07, 6.45) is 3.07. The average Bonchev–Trinajstić information content (AvgIpc) is 1.98. The fraction of sp³-hybridized carbons (Fsp3) is 0.857. The van der Waals surface area contributed by atoms with Gasteiger partial charge in [0.2, 0.25) is 0 Å². The van der Waals surface area contributed by atoms with Crippen molar-refractivity contribution in [3.63, 3.8) is 0 Å². The van der Waals surface area contributed by atoms with E-state index in [0.717, 1.165) is 19.3 Å². The molecule has 0 saturated heterocycles. The molecular weight excluding hydrogens is 132 g/mol. The van der Waals surface area contributed by atoms with Gasteiger partial charge in [0.1, 0.15) is 6.61 Å². The van der Waals surface area contributed by atoms with Gasteiger partial charge in [0.15, 0.2) is 0 Å². The molecule has 3 nitrogen and oxygen atoms in total. The van der Waals surface area contributed by atoms with E-state index in [1.807, 2.05) is 0 Å². The smallest absolute Gasteiger partial charge is 0.331 e. The van der Waals surface area contributed by atoms with Crippen molar-refractivity contribution in [3.8, 4) is 0 Å². The Kier molecular flexibility index (Phi) is 6.18. The van der Waals surface area contributed by atoms with Gasteiger partial charge in [-0.15, -0.1) is 0 Å². The molecule has 0 radical (unpaired) electrons. The van der Waals surface area contributed by atoms with E-state index in [2.05, 4.69) is 11.7 Å². The first-order valence-electron chi connectivity index (χ1n) is 3.57. The first kappa shape index (κ1) is 9.43. The molecule has 0 amide bonds. The van der Waals surface area contributed by atoms with E-state index in [9.17, 15) is 4.79 Å². The fourth-order valence-electron chi connectivity index (χ4n) is 0.584. The number of unbranched alkanes of at least 4 members (excludes halogenated alkanes) is 2. The maximum absolute atomic E-state index is 10.3. The zero-order valence-corrected chi connectivity index (χ0v) is 6.30. The van der Waals surface area contributed by atoms with E-state index in [1.165, 1.54) is 0 Å². The van der Waals surface area contributed by atoms with Gasteiger partial charge >= 0.3 is 5.97 Å². The monoisotopic (exact) mass is 146 g/mol. The minimum absolute atomic E-state index is 0.438. The highest BCUT2D eigenvalue weighted by molar-refractivity contribution is 5.70. The zero-order chi connectivity index (χ0) is 7.82. The van der Waals surface area contributed by atoms with Crippen LogP contribution in [0.1, 0.15) is 26.2 Å². The molecule has 10 heavy (non-hydrogen) atoms. The summed E-state index contributed by atoms with van der Waals surface area (Å²) in [5, 5.41) is 8.22. The molecule has 0 aromatic carbocycles. The summed E-state index contributed by atoms with van der Waals surface area (Å²) in [6.45, 7) is 2.01. The van der Waals surface area contributed by atoms with Gasteiger partial charge < -0.3 is 9.84 Å². The Balaban J connectivity index is 2.96. The Bertz CT molecular complexity index is 90.9. The van der Waals surface area contributed by atoms with Crippen molar-refractivity contribution >= 4 is 5.97 Å². The van der Waals surface area contributed by atoms with Crippen molar-refractivity contribution in [2.24, 2.45) is 0 Å². The molecule has 0 aromatic rings. The summed E-state index contributed by atoms with van der Waals surface area (Å²) < 4.78 is 4.60. The summed E-state index contributed by atoms with van der Waals surface area (Å²) in [5.41, 5.74) is 0. The standard InChI is InChI=1S/C7H14O3/c1-2-3-4-5-10-7(9)6-8/h8H,2-6H2,1H3. The number of hydrogen-bond acceptors (Lipinski definition) is 3. The number of carbonyl (C=O) groups is 1. The van der Waals surface area contributed by atoms with Gasteiger partial charge in [-0.2, -0.15) is 0 Å². The SMILES string of the molecule is CCCCCOC(=O)CO. The van der Waals surface area contributed by atoms with Crippen LogP contribution in [0.15, 0.2) is 0 Å². The summed E-state index contributed by atoms with van der Waals surface area (Å²) in [5.74, 6) is -0.531. The highest BCUT2D eigenvalue weighted by Crippen LogP contribution is 1.93. The molecule has 0 aliphatic carbocycles. The second-order valence-electron chi connectivity index (χ2n) is 2.09.